The maximum atomic E-state index is 13.2. The number of hydrogen-bond donors (Lipinski definition) is 1. The monoisotopic (exact) mass is 412 g/mol. The number of ketones is 1. The summed E-state index contributed by atoms with van der Waals surface area (Å²) in [7, 11) is 0. The minimum Gasteiger partial charge on any atom is -0.345 e. The van der Waals surface area contributed by atoms with Crippen LogP contribution in [0.5, 0.6) is 0 Å². The normalized spacial score (nSPS) is 15.2. The molecule has 1 amide bonds. The van der Waals surface area contributed by atoms with Crippen molar-refractivity contribution in [3.63, 3.8) is 0 Å². The van der Waals surface area contributed by atoms with Crippen LogP contribution in [0.1, 0.15) is 21.7 Å². The summed E-state index contributed by atoms with van der Waals surface area (Å²) in [6, 6.07) is 7.82. The molecular formula is C23H29FN4O2. The molecule has 1 saturated heterocycles. The number of allylic oxidation sites excluding steroid dienone is 1. The van der Waals surface area contributed by atoms with Gasteiger partial charge in [0.05, 0.1) is 13.1 Å². The summed E-state index contributed by atoms with van der Waals surface area (Å²) in [4.78, 5) is 29.2. The van der Waals surface area contributed by atoms with Gasteiger partial charge in [0.1, 0.15) is 5.82 Å². The van der Waals surface area contributed by atoms with Gasteiger partial charge in [0, 0.05) is 55.4 Å². The average molecular weight is 413 g/mol. The standard InChI is InChI=1S/C23H29FN4O2/c1-4-8-28-17(2)13-21(18(28)3)22(29)15-26-9-11-27(12-10-26)16-23(30)25-20-7-5-6-19(24)14-20/h4-7,13-14H,1,8-12,15-16H2,2-3H3,(H,25,30). The zero-order chi connectivity index (χ0) is 21.7. The van der Waals surface area contributed by atoms with Gasteiger partial charge in [-0.3, -0.25) is 19.4 Å². The fraction of sp³-hybridized carbons (Fsp3) is 0.391. The second-order valence-electron chi connectivity index (χ2n) is 7.72. The lowest BCUT2D eigenvalue weighted by Crippen LogP contribution is -2.49. The zero-order valence-electron chi connectivity index (χ0n) is 17.7. The van der Waals surface area contributed by atoms with Crippen LogP contribution in [0.15, 0.2) is 43.0 Å². The van der Waals surface area contributed by atoms with Crippen LogP contribution in [0.25, 0.3) is 0 Å². The van der Waals surface area contributed by atoms with Crippen molar-refractivity contribution in [2.45, 2.75) is 20.4 Å². The molecule has 6 nitrogen and oxygen atoms in total. The quantitative estimate of drug-likeness (QED) is 0.535. The Bertz CT molecular complexity index is 929. The zero-order valence-corrected chi connectivity index (χ0v) is 17.7. The number of anilines is 1. The van der Waals surface area contributed by atoms with Crippen LogP contribution in [0.2, 0.25) is 0 Å². The summed E-state index contributed by atoms with van der Waals surface area (Å²) >= 11 is 0. The molecule has 0 radical (unpaired) electrons. The Morgan fingerprint density at radius 1 is 1.10 bits per heavy atom. The van der Waals surface area contributed by atoms with E-state index in [0.29, 0.717) is 31.9 Å². The molecule has 0 saturated carbocycles. The Labute approximate surface area is 177 Å². The van der Waals surface area contributed by atoms with Crippen LogP contribution in [0.4, 0.5) is 10.1 Å². The van der Waals surface area contributed by atoms with Crippen LogP contribution in [0, 0.1) is 19.7 Å². The lowest BCUT2D eigenvalue weighted by Gasteiger charge is -2.33. The molecule has 2 heterocycles. The van der Waals surface area contributed by atoms with Crippen LogP contribution in [-0.4, -0.2) is 65.3 Å². The van der Waals surface area contributed by atoms with Crippen LogP contribution >= 0.6 is 0 Å². The highest BCUT2D eigenvalue weighted by atomic mass is 19.1. The second-order valence-corrected chi connectivity index (χ2v) is 7.72. The first-order valence-electron chi connectivity index (χ1n) is 10.2. The molecule has 30 heavy (non-hydrogen) atoms. The third kappa shape index (κ3) is 5.43. The van der Waals surface area contributed by atoms with Crippen molar-refractivity contribution >= 4 is 17.4 Å². The first kappa shape index (κ1) is 21.9. The van der Waals surface area contributed by atoms with Gasteiger partial charge in [-0.15, -0.1) is 6.58 Å². The summed E-state index contributed by atoms with van der Waals surface area (Å²) in [5.74, 6) is -0.424. The number of nitrogens with zero attached hydrogens (tertiary/aromatic N) is 3. The predicted octanol–water partition coefficient (Wildman–Crippen LogP) is 2.87. The molecular weight excluding hydrogens is 383 g/mol. The topological polar surface area (TPSA) is 57.6 Å². The maximum absolute atomic E-state index is 13.2. The lowest BCUT2D eigenvalue weighted by atomic mass is 10.1. The molecule has 2 aromatic rings. The highest BCUT2D eigenvalue weighted by molar-refractivity contribution is 5.99. The summed E-state index contributed by atoms with van der Waals surface area (Å²) < 4.78 is 15.3. The fourth-order valence-electron chi connectivity index (χ4n) is 3.86. The maximum Gasteiger partial charge on any atom is 0.238 e. The van der Waals surface area contributed by atoms with Crippen LogP contribution in [0.3, 0.4) is 0 Å². The minimum atomic E-state index is -0.378. The van der Waals surface area contributed by atoms with Crippen LogP contribution in [-0.2, 0) is 11.3 Å². The van der Waals surface area contributed by atoms with E-state index >= 15 is 0 Å². The van der Waals surface area contributed by atoms with E-state index in [4.69, 9.17) is 0 Å². The molecule has 1 aromatic carbocycles. The SMILES string of the molecule is C=CCn1c(C)cc(C(=O)CN2CCN(CC(=O)Nc3cccc(F)c3)CC2)c1C. The number of hydrogen-bond acceptors (Lipinski definition) is 4. The van der Waals surface area contributed by atoms with E-state index in [1.54, 1.807) is 12.1 Å². The van der Waals surface area contributed by atoms with Crippen molar-refractivity contribution in [3.05, 3.63) is 65.8 Å². The number of benzene rings is 1. The number of rotatable bonds is 8. The van der Waals surface area contributed by atoms with Gasteiger partial charge in [-0.1, -0.05) is 12.1 Å². The second kappa shape index (κ2) is 9.82. The average Bonchev–Trinajstić information content (AvgIpc) is 2.98. The number of halogens is 1. The first-order chi connectivity index (χ1) is 14.4. The Morgan fingerprint density at radius 3 is 2.40 bits per heavy atom. The lowest BCUT2D eigenvalue weighted by molar-refractivity contribution is -0.117. The van der Waals surface area contributed by atoms with Gasteiger partial charge >= 0.3 is 0 Å². The molecule has 0 unspecified atom stereocenters. The molecule has 1 fully saturated rings. The molecule has 7 heteroatoms. The van der Waals surface area contributed by atoms with Gasteiger partial charge in [-0.25, -0.2) is 4.39 Å². The molecule has 1 aromatic heterocycles. The van der Waals surface area contributed by atoms with E-state index in [2.05, 4.69) is 21.4 Å². The molecule has 1 N–H and O–H groups in total. The third-order valence-corrected chi connectivity index (χ3v) is 5.49. The van der Waals surface area contributed by atoms with Crippen molar-refractivity contribution in [1.29, 1.82) is 0 Å². The number of carbonyl (C=O) groups is 2. The van der Waals surface area contributed by atoms with Crippen molar-refractivity contribution in [1.82, 2.24) is 14.4 Å². The molecule has 1 aliphatic rings. The highest BCUT2D eigenvalue weighted by Gasteiger charge is 2.23. The minimum absolute atomic E-state index is 0.121. The number of Topliss-reactive ketones (excluding diaryl/α,β-unsaturated/α-hetero) is 1. The Balaban J connectivity index is 1.47. The van der Waals surface area contributed by atoms with Crippen LogP contribution < -0.4 is 5.32 Å². The number of amides is 1. The Kier molecular flexibility index (Phi) is 7.18. The number of aryl methyl sites for hydroxylation is 1. The molecule has 3 rings (SSSR count). The van der Waals surface area contributed by atoms with Gasteiger partial charge < -0.3 is 9.88 Å². The molecule has 0 bridgehead atoms. The summed E-state index contributed by atoms with van der Waals surface area (Å²) in [5, 5.41) is 2.72. The smallest absolute Gasteiger partial charge is 0.238 e. The molecule has 0 atom stereocenters. The number of aromatic nitrogens is 1. The van der Waals surface area contributed by atoms with E-state index in [1.165, 1.54) is 12.1 Å². The number of carbonyl (C=O) groups excluding carboxylic acids is 2. The van der Waals surface area contributed by atoms with Gasteiger partial charge in [-0.2, -0.15) is 0 Å². The van der Waals surface area contributed by atoms with E-state index < -0.39 is 0 Å². The Hall–Kier alpha value is -2.77. The fourth-order valence-corrected chi connectivity index (χ4v) is 3.86. The van der Waals surface area contributed by atoms with E-state index in [0.717, 1.165) is 30.0 Å². The van der Waals surface area contributed by atoms with Crippen molar-refractivity contribution in [2.75, 3.05) is 44.6 Å². The van der Waals surface area contributed by atoms with E-state index in [1.807, 2.05) is 30.9 Å². The summed E-state index contributed by atoms with van der Waals surface area (Å²) in [6.45, 7) is 11.9. The van der Waals surface area contributed by atoms with E-state index in [-0.39, 0.29) is 24.1 Å². The summed E-state index contributed by atoms with van der Waals surface area (Å²) in [6.07, 6.45) is 1.83. The largest absolute Gasteiger partial charge is 0.345 e. The molecule has 0 aliphatic carbocycles. The van der Waals surface area contributed by atoms with Crippen molar-refractivity contribution < 1.29 is 14.0 Å². The number of piperazine rings is 1. The predicted molar refractivity (Wildman–Crippen MR) is 116 cm³/mol. The number of nitrogens with one attached hydrogen (secondary N) is 1. The van der Waals surface area contributed by atoms with E-state index in [9.17, 15) is 14.0 Å². The van der Waals surface area contributed by atoms with Gasteiger partial charge in [0.25, 0.3) is 0 Å². The van der Waals surface area contributed by atoms with Crippen molar-refractivity contribution in [3.8, 4) is 0 Å². The first-order valence-corrected chi connectivity index (χ1v) is 10.2. The Morgan fingerprint density at radius 2 is 1.77 bits per heavy atom. The van der Waals surface area contributed by atoms with Crippen molar-refractivity contribution in [2.24, 2.45) is 0 Å². The van der Waals surface area contributed by atoms with Gasteiger partial charge in [0.2, 0.25) is 5.91 Å². The van der Waals surface area contributed by atoms with Gasteiger partial charge in [-0.05, 0) is 38.1 Å². The molecule has 0 spiro atoms. The van der Waals surface area contributed by atoms with Gasteiger partial charge in [0.15, 0.2) is 5.78 Å². The third-order valence-electron chi connectivity index (χ3n) is 5.49. The molecule has 160 valence electrons. The highest BCUT2D eigenvalue weighted by Crippen LogP contribution is 2.17. The summed E-state index contributed by atoms with van der Waals surface area (Å²) in [5.41, 5.74) is 3.26. The molecule has 1 aliphatic heterocycles.